The molecule has 0 aliphatic carbocycles. The number of benzene rings is 2. The number of nitrogens with zero attached hydrogens (tertiary/aromatic N) is 5. The van der Waals surface area contributed by atoms with Crippen LogP contribution in [0.4, 0.5) is 14.6 Å². The lowest BCUT2D eigenvalue weighted by molar-refractivity contribution is -0.116. The first-order valence-corrected chi connectivity index (χ1v) is 10.0. The Hall–Kier alpha value is -4.01. The van der Waals surface area contributed by atoms with Crippen molar-refractivity contribution in [1.82, 2.24) is 25.0 Å². The van der Waals surface area contributed by atoms with Crippen molar-refractivity contribution in [2.75, 3.05) is 5.32 Å². The fourth-order valence-corrected chi connectivity index (χ4v) is 3.99. The van der Waals surface area contributed by atoms with E-state index in [0.29, 0.717) is 22.8 Å². The van der Waals surface area contributed by atoms with Gasteiger partial charge in [-0.1, -0.05) is 42.0 Å². The van der Waals surface area contributed by atoms with Crippen LogP contribution in [-0.2, 0) is 4.79 Å². The van der Waals surface area contributed by atoms with Gasteiger partial charge in [-0.25, -0.2) is 13.8 Å². The SMILES string of the molecule is Cc1ccc(-c2cnnc(-n3nc(C)c4c3NC(=O)CC4c3cccc(F)c3F)n2)cc1. The van der Waals surface area contributed by atoms with Crippen LogP contribution in [-0.4, -0.2) is 30.9 Å². The number of carbonyl (C=O) groups is 1. The van der Waals surface area contributed by atoms with E-state index < -0.39 is 17.6 Å². The molecule has 32 heavy (non-hydrogen) atoms. The van der Waals surface area contributed by atoms with Gasteiger partial charge in [-0.3, -0.25) is 4.79 Å². The van der Waals surface area contributed by atoms with Gasteiger partial charge in [0.1, 0.15) is 5.82 Å². The smallest absolute Gasteiger partial charge is 0.272 e. The van der Waals surface area contributed by atoms with Crippen LogP contribution in [0.2, 0.25) is 0 Å². The molecular weight excluding hydrogens is 414 g/mol. The average molecular weight is 432 g/mol. The summed E-state index contributed by atoms with van der Waals surface area (Å²) in [6, 6.07) is 11.8. The number of carbonyl (C=O) groups excluding carboxylic acids is 1. The van der Waals surface area contributed by atoms with E-state index in [9.17, 15) is 13.6 Å². The molecule has 1 amide bonds. The molecule has 1 atom stereocenters. The summed E-state index contributed by atoms with van der Waals surface area (Å²) in [7, 11) is 0. The van der Waals surface area contributed by atoms with Gasteiger partial charge in [0.2, 0.25) is 5.91 Å². The quantitative estimate of drug-likeness (QED) is 0.527. The predicted molar refractivity (Wildman–Crippen MR) is 113 cm³/mol. The minimum Gasteiger partial charge on any atom is -0.310 e. The molecule has 0 fully saturated rings. The number of rotatable bonds is 3. The third-order valence-corrected chi connectivity index (χ3v) is 5.54. The average Bonchev–Trinajstić information content (AvgIpc) is 3.12. The van der Waals surface area contributed by atoms with Gasteiger partial charge in [0.05, 0.1) is 17.6 Å². The van der Waals surface area contributed by atoms with Crippen LogP contribution in [0, 0.1) is 25.5 Å². The molecule has 0 radical (unpaired) electrons. The van der Waals surface area contributed by atoms with Crippen molar-refractivity contribution < 1.29 is 13.6 Å². The number of nitrogens with one attached hydrogen (secondary N) is 1. The molecule has 0 saturated heterocycles. The first kappa shape index (κ1) is 19.9. The standard InChI is InChI=1S/C23H18F2N6O/c1-12-6-8-14(9-7-12)18-11-26-29-23(27-18)31-22-20(13(2)30-31)16(10-19(32)28-22)15-4-3-5-17(24)21(15)25/h3-9,11,16H,10H2,1-2H3,(H,28,32). The Kier molecular flexibility index (Phi) is 4.73. The summed E-state index contributed by atoms with van der Waals surface area (Å²) in [5.41, 5.74) is 3.82. The maximum atomic E-state index is 14.6. The molecule has 0 bridgehead atoms. The summed E-state index contributed by atoms with van der Waals surface area (Å²) in [6.45, 7) is 3.74. The van der Waals surface area contributed by atoms with Crippen LogP contribution in [0.25, 0.3) is 17.2 Å². The number of hydrogen-bond acceptors (Lipinski definition) is 5. The van der Waals surface area contributed by atoms with Crippen molar-refractivity contribution in [1.29, 1.82) is 0 Å². The Balaban J connectivity index is 1.63. The van der Waals surface area contributed by atoms with E-state index in [4.69, 9.17) is 0 Å². The summed E-state index contributed by atoms with van der Waals surface area (Å²) < 4.78 is 29.8. The molecule has 1 aliphatic heterocycles. The van der Waals surface area contributed by atoms with Crippen molar-refractivity contribution in [3.8, 4) is 17.2 Å². The third-order valence-electron chi connectivity index (χ3n) is 5.54. The van der Waals surface area contributed by atoms with Crippen molar-refractivity contribution in [2.24, 2.45) is 0 Å². The normalized spacial score (nSPS) is 15.4. The maximum Gasteiger partial charge on any atom is 0.272 e. The molecule has 1 aliphatic rings. The zero-order valence-electron chi connectivity index (χ0n) is 17.3. The number of halogens is 2. The highest BCUT2D eigenvalue weighted by Crippen LogP contribution is 2.41. The van der Waals surface area contributed by atoms with Gasteiger partial charge in [0, 0.05) is 23.5 Å². The third kappa shape index (κ3) is 3.31. The molecule has 9 heteroatoms. The molecule has 2 aromatic heterocycles. The molecule has 0 spiro atoms. The Morgan fingerprint density at radius 3 is 2.66 bits per heavy atom. The molecule has 3 heterocycles. The van der Waals surface area contributed by atoms with Crippen molar-refractivity contribution in [3.05, 3.63) is 82.7 Å². The second-order valence-corrected chi connectivity index (χ2v) is 7.72. The van der Waals surface area contributed by atoms with Gasteiger partial charge >= 0.3 is 0 Å². The van der Waals surface area contributed by atoms with Crippen LogP contribution in [0.15, 0.2) is 48.7 Å². The predicted octanol–water partition coefficient (Wildman–Crippen LogP) is 4.09. The van der Waals surface area contributed by atoms with E-state index in [1.165, 1.54) is 16.8 Å². The molecule has 1 unspecified atom stereocenters. The Morgan fingerprint density at radius 1 is 1.09 bits per heavy atom. The Labute approximate surface area is 182 Å². The van der Waals surface area contributed by atoms with Crippen molar-refractivity contribution in [3.63, 3.8) is 0 Å². The molecule has 160 valence electrons. The summed E-state index contributed by atoms with van der Waals surface area (Å²) in [4.78, 5) is 17.1. The largest absolute Gasteiger partial charge is 0.310 e. The molecule has 4 aromatic rings. The lowest BCUT2D eigenvalue weighted by Crippen LogP contribution is -2.26. The van der Waals surface area contributed by atoms with Crippen LogP contribution in [0.3, 0.4) is 0 Å². The van der Waals surface area contributed by atoms with Gasteiger partial charge in [-0.15, -0.1) is 5.10 Å². The van der Waals surface area contributed by atoms with Gasteiger partial charge in [0.15, 0.2) is 11.6 Å². The van der Waals surface area contributed by atoms with Crippen molar-refractivity contribution in [2.45, 2.75) is 26.2 Å². The molecular formula is C23H18F2N6O. The number of fused-ring (bicyclic) bond motifs is 1. The first-order chi connectivity index (χ1) is 15.4. The van der Waals surface area contributed by atoms with E-state index in [1.54, 1.807) is 13.1 Å². The van der Waals surface area contributed by atoms with E-state index in [0.717, 1.165) is 17.2 Å². The monoisotopic (exact) mass is 432 g/mol. The summed E-state index contributed by atoms with van der Waals surface area (Å²) >= 11 is 0. The highest BCUT2D eigenvalue weighted by molar-refractivity contribution is 5.95. The maximum absolute atomic E-state index is 14.6. The summed E-state index contributed by atoms with van der Waals surface area (Å²) in [5, 5.41) is 15.4. The fourth-order valence-electron chi connectivity index (χ4n) is 3.99. The van der Waals surface area contributed by atoms with Crippen molar-refractivity contribution >= 4 is 11.7 Å². The Morgan fingerprint density at radius 2 is 1.88 bits per heavy atom. The van der Waals surface area contributed by atoms with Gasteiger partial charge in [-0.05, 0) is 25.5 Å². The van der Waals surface area contributed by atoms with E-state index in [1.807, 2.05) is 31.2 Å². The van der Waals surface area contributed by atoms with Gasteiger partial charge in [0.25, 0.3) is 5.95 Å². The van der Waals surface area contributed by atoms with E-state index >= 15 is 0 Å². The number of hydrogen-bond donors (Lipinski definition) is 1. The minimum atomic E-state index is -0.968. The second-order valence-electron chi connectivity index (χ2n) is 7.72. The van der Waals surface area contributed by atoms with Gasteiger partial charge < -0.3 is 5.32 Å². The highest BCUT2D eigenvalue weighted by Gasteiger charge is 2.35. The summed E-state index contributed by atoms with van der Waals surface area (Å²) in [5.74, 6) is -2.46. The van der Waals surface area contributed by atoms with E-state index in [-0.39, 0.29) is 23.8 Å². The number of anilines is 1. The van der Waals surface area contributed by atoms with Crippen LogP contribution < -0.4 is 5.32 Å². The number of aromatic nitrogens is 5. The number of aryl methyl sites for hydroxylation is 2. The molecule has 7 nitrogen and oxygen atoms in total. The highest BCUT2D eigenvalue weighted by atomic mass is 19.2. The first-order valence-electron chi connectivity index (χ1n) is 10.0. The minimum absolute atomic E-state index is 0.0254. The fraction of sp³-hybridized carbons (Fsp3) is 0.174. The van der Waals surface area contributed by atoms with Crippen LogP contribution in [0.1, 0.15) is 34.7 Å². The molecule has 0 saturated carbocycles. The zero-order valence-corrected chi connectivity index (χ0v) is 17.3. The summed E-state index contributed by atoms with van der Waals surface area (Å²) in [6.07, 6.45) is 1.52. The van der Waals surface area contributed by atoms with Crippen LogP contribution >= 0.6 is 0 Å². The lowest BCUT2D eigenvalue weighted by atomic mass is 9.85. The van der Waals surface area contributed by atoms with Crippen LogP contribution in [0.5, 0.6) is 0 Å². The van der Waals surface area contributed by atoms with E-state index in [2.05, 4.69) is 25.6 Å². The molecule has 5 rings (SSSR count). The van der Waals surface area contributed by atoms with Gasteiger partial charge in [-0.2, -0.15) is 14.9 Å². The second kappa shape index (κ2) is 7.60. The Bertz CT molecular complexity index is 1350. The topological polar surface area (TPSA) is 85.6 Å². The number of amides is 1. The zero-order chi connectivity index (χ0) is 22.4. The molecule has 1 N–H and O–H groups in total. The lowest BCUT2D eigenvalue weighted by Gasteiger charge is -2.24. The molecule has 2 aromatic carbocycles.